The van der Waals surface area contributed by atoms with E-state index >= 15 is 0 Å². The van der Waals surface area contributed by atoms with Crippen molar-refractivity contribution in [1.29, 1.82) is 0 Å². The van der Waals surface area contributed by atoms with E-state index in [0.717, 1.165) is 18.1 Å². The Kier molecular flexibility index (Phi) is 7.72. The molecule has 3 nitrogen and oxygen atoms in total. The van der Waals surface area contributed by atoms with Crippen LogP contribution >= 0.6 is 11.8 Å². The minimum Gasteiger partial charge on any atom is -0.469 e. The standard InChI is InChI=1S/C7H15NO2S/c1-8-4-6-11-5-3-7(9)10-2/h8H,3-6H2,1-2H3. The van der Waals surface area contributed by atoms with Gasteiger partial charge < -0.3 is 10.1 Å². The number of methoxy groups -OCH3 is 1. The summed E-state index contributed by atoms with van der Waals surface area (Å²) in [6.07, 6.45) is 0.519. The molecule has 0 saturated heterocycles. The van der Waals surface area contributed by atoms with Crippen LogP contribution in [0.4, 0.5) is 0 Å². The monoisotopic (exact) mass is 177 g/mol. The smallest absolute Gasteiger partial charge is 0.306 e. The second-order valence-electron chi connectivity index (χ2n) is 2.04. The van der Waals surface area contributed by atoms with Crippen molar-refractivity contribution in [2.75, 3.05) is 32.2 Å². The maximum Gasteiger partial charge on any atom is 0.306 e. The van der Waals surface area contributed by atoms with Crippen molar-refractivity contribution in [3.63, 3.8) is 0 Å². The molecule has 0 atom stereocenters. The maximum atomic E-state index is 10.6. The second kappa shape index (κ2) is 7.88. The summed E-state index contributed by atoms with van der Waals surface area (Å²) in [5, 5.41) is 3.03. The Morgan fingerprint density at radius 1 is 1.55 bits per heavy atom. The molecule has 0 aliphatic heterocycles. The van der Waals surface area contributed by atoms with Gasteiger partial charge >= 0.3 is 5.97 Å². The van der Waals surface area contributed by atoms with E-state index in [1.54, 1.807) is 11.8 Å². The van der Waals surface area contributed by atoms with Gasteiger partial charge in [0.25, 0.3) is 0 Å². The topological polar surface area (TPSA) is 38.3 Å². The van der Waals surface area contributed by atoms with E-state index in [0.29, 0.717) is 6.42 Å². The van der Waals surface area contributed by atoms with Gasteiger partial charge in [0.05, 0.1) is 13.5 Å². The third kappa shape index (κ3) is 7.68. The van der Waals surface area contributed by atoms with Crippen LogP contribution < -0.4 is 5.32 Å². The van der Waals surface area contributed by atoms with Gasteiger partial charge in [-0.2, -0.15) is 11.8 Å². The molecule has 0 radical (unpaired) electrons. The minimum absolute atomic E-state index is 0.123. The van der Waals surface area contributed by atoms with E-state index in [9.17, 15) is 4.79 Å². The summed E-state index contributed by atoms with van der Waals surface area (Å²) < 4.78 is 4.49. The summed E-state index contributed by atoms with van der Waals surface area (Å²) in [4.78, 5) is 10.6. The third-order valence-corrected chi connectivity index (χ3v) is 2.16. The lowest BCUT2D eigenvalue weighted by Gasteiger charge is -1.99. The van der Waals surface area contributed by atoms with Gasteiger partial charge in [-0.3, -0.25) is 4.79 Å². The molecule has 1 N–H and O–H groups in total. The Morgan fingerprint density at radius 2 is 2.27 bits per heavy atom. The van der Waals surface area contributed by atoms with E-state index in [1.807, 2.05) is 7.05 Å². The van der Waals surface area contributed by atoms with Crippen molar-refractivity contribution in [2.45, 2.75) is 6.42 Å². The Labute approximate surface area is 71.9 Å². The summed E-state index contributed by atoms with van der Waals surface area (Å²) in [5.41, 5.74) is 0. The zero-order valence-corrected chi connectivity index (χ0v) is 7.87. The Morgan fingerprint density at radius 3 is 2.82 bits per heavy atom. The molecular weight excluding hydrogens is 162 g/mol. The fourth-order valence-electron chi connectivity index (χ4n) is 0.534. The highest BCUT2D eigenvalue weighted by atomic mass is 32.2. The van der Waals surface area contributed by atoms with Crippen molar-refractivity contribution in [3.05, 3.63) is 0 Å². The fraction of sp³-hybridized carbons (Fsp3) is 0.857. The molecule has 66 valence electrons. The number of rotatable bonds is 6. The van der Waals surface area contributed by atoms with Gasteiger partial charge in [-0.05, 0) is 7.05 Å². The van der Waals surface area contributed by atoms with Gasteiger partial charge in [-0.1, -0.05) is 0 Å². The first-order valence-corrected chi connectivity index (χ1v) is 4.76. The lowest BCUT2D eigenvalue weighted by atomic mass is 10.5. The van der Waals surface area contributed by atoms with E-state index in [1.165, 1.54) is 7.11 Å². The number of nitrogens with one attached hydrogen (secondary N) is 1. The third-order valence-electron chi connectivity index (χ3n) is 1.17. The van der Waals surface area contributed by atoms with Crippen LogP contribution in [0.2, 0.25) is 0 Å². The number of carbonyl (C=O) groups is 1. The summed E-state index contributed by atoms with van der Waals surface area (Å²) in [6, 6.07) is 0. The van der Waals surface area contributed by atoms with Gasteiger partial charge in [-0.25, -0.2) is 0 Å². The van der Waals surface area contributed by atoms with Gasteiger partial charge in [0.2, 0.25) is 0 Å². The maximum absolute atomic E-state index is 10.6. The van der Waals surface area contributed by atoms with Crippen LogP contribution in [-0.2, 0) is 9.53 Å². The van der Waals surface area contributed by atoms with Crippen molar-refractivity contribution in [1.82, 2.24) is 5.32 Å². The van der Waals surface area contributed by atoms with Crippen molar-refractivity contribution >= 4 is 17.7 Å². The summed E-state index contributed by atoms with van der Waals surface area (Å²) >= 11 is 1.76. The quantitative estimate of drug-likeness (QED) is 0.474. The molecule has 0 aromatic carbocycles. The van der Waals surface area contributed by atoms with Crippen LogP contribution in [0.3, 0.4) is 0 Å². The molecule has 0 amide bonds. The summed E-state index contributed by atoms with van der Waals surface area (Å²) in [5.74, 6) is 1.78. The number of carbonyl (C=O) groups excluding carboxylic acids is 1. The molecule has 0 aliphatic carbocycles. The van der Waals surface area contributed by atoms with Crippen molar-refractivity contribution in [3.8, 4) is 0 Å². The molecule has 0 aliphatic rings. The molecule has 0 fully saturated rings. The summed E-state index contributed by atoms with van der Waals surface area (Å²) in [7, 11) is 3.33. The molecule has 0 saturated carbocycles. The number of hydrogen-bond donors (Lipinski definition) is 1. The zero-order chi connectivity index (χ0) is 8.53. The number of ether oxygens (including phenoxy) is 1. The SMILES string of the molecule is CNCCSCCC(=O)OC. The fourth-order valence-corrected chi connectivity index (χ4v) is 1.40. The average Bonchev–Trinajstić information content (AvgIpc) is 2.04. The van der Waals surface area contributed by atoms with Crippen LogP contribution in [0.1, 0.15) is 6.42 Å². The Balaban J connectivity index is 2.95. The first-order chi connectivity index (χ1) is 5.31. The van der Waals surface area contributed by atoms with Gasteiger partial charge in [0.1, 0.15) is 0 Å². The number of hydrogen-bond acceptors (Lipinski definition) is 4. The minimum atomic E-state index is -0.123. The first kappa shape index (κ1) is 10.8. The van der Waals surface area contributed by atoms with Gasteiger partial charge in [0.15, 0.2) is 0 Å². The van der Waals surface area contributed by atoms with E-state index in [2.05, 4.69) is 10.1 Å². The lowest BCUT2D eigenvalue weighted by molar-refractivity contribution is -0.140. The molecule has 0 spiro atoms. The highest BCUT2D eigenvalue weighted by molar-refractivity contribution is 7.99. The van der Waals surface area contributed by atoms with E-state index in [4.69, 9.17) is 0 Å². The van der Waals surface area contributed by atoms with E-state index < -0.39 is 0 Å². The molecule has 4 heteroatoms. The second-order valence-corrected chi connectivity index (χ2v) is 3.27. The summed E-state index contributed by atoms with van der Waals surface area (Å²) in [6.45, 7) is 0.992. The normalized spacial score (nSPS) is 9.64. The Bertz CT molecular complexity index is 109. The number of esters is 1. The molecule has 0 bridgehead atoms. The molecule has 0 aromatic heterocycles. The van der Waals surface area contributed by atoms with Crippen LogP contribution in [0, 0.1) is 0 Å². The zero-order valence-electron chi connectivity index (χ0n) is 7.05. The average molecular weight is 177 g/mol. The molecule has 11 heavy (non-hydrogen) atoms. The molecular formula is C7H15NO2S. The van der Waals surface area contributed by atoms with Gasteiger partial charge in [-0.15, -0.1) is 0 Å². The molecule has 0 unspecified atom stereocenters. The first-order valence-electron chi connectivity index (χ1n) is 3.60. The highest BCUT2D eigenvalue weighted by Gasteiger charge is 1.98. The Hall–Kier alpha value is -0.220. The van der Waals surface area contributed by atoms with Crippen LogP contribution in [0.15, 0.2) is 0 Å². The van der Waals surface area contributed by atoms with Gasteiger partial charge in [0, 0.05) is 18.1 Å². The molecule has 0 aromatic rings. The van der Waals surface area contributed by atoms with Crippen molar-refractivity contribution < 1.29 is 9.53 Å². The largest absolute Gasteiger partial charge is 0.469 e. The predicted molar refractivity (Wildman–Crippen MR) is 47.9 cm³/mol. The van der Waals surface area contributed by atoms with Crippen LogP contribution in [0.5, 0.6) is 0 Å². The van der Waals surface area contributed by atoms with Crippen LogP contribution in [0.25, 0.3) is 0 Å². The van der Waals surface area contributed by atoms with E-state index in [-0.39, 0.29) is 5.97 Å². The highest BCUT2D eigenvalue weighted by Crippen LogP contribution is 2.01. The van der Waals surface area contributed by atoms with Crippen LogP contribution in [-0.4, -0.2) is 38.2 Å². The van der Waals surface area contributed by atoms with Crippen molar-refractivity contribution in [2.24, 2.45) is 0 Å². The predicted octanol–water partition coefficient (Wildman–Crippen LogP) is 0.502. The number of thioether (sulfide) groups is 1. The molecule has 0 heterocycles. The molecule has 0 rings (SSSR count). The lowest BCUT2D eigenvalue weighted by Crippen LogP contribution is -2.10.